The molecule has 0 unspecified atom stereocenters. The van der Waals surface area contributed by atoms with Gasteiger partial charge < -0.3 is 40.8 Å². The van der Waals surface area contributed by atoms with Crippen LogP contribution in [0.1, 0.15) is 40.5 Å². The van der Waals surface area contributed by atoms with Crippen molar-refractivity contribution in [3.05, 3.63) is 49.8 Å². The largest absolute Gasteiger partial charge is 1.00 e. The first-order valence-corrected chi connectivity index (χ1v) is 35.4. The summed E-state index contributed by atoms with van der Waals surface area (Å²) in [6.07, 6.45) is -5.57. The molecule has 0 saturated heterocycles. The number of aryl methyl sites for hydroxylation is 3. The van der Waals surface area contributed by atoms with Gasteiger partial charge in [-0.3, -0.25) is 4.79 Å². The minimum atomic E-state index is -6.72. The Morgan fingerprint density at radius 2 is 0.703 bits per heavy atom. The molecular weight excluding hydrogens is 1800 g/mol. The molecule has 0 radical (unpaired) electrons. The molecule has 0 aliphatic heterocycles. The highest BCUT2D eigenvalue weighted by Gasteiger charge is 2.53. The van der Waals surface area contributed by atoms with Crippen LogP contribution >= 0.6 is 0 Å². The third-order valence-corrected chi connectivity index (χ3v) is 20.1. The lowest BCUT2D eigenvalue weighted by Gasteiger charge is -2.30. The van der Waals surface area contributed by atoms with Crippen LogP contribution < -0.4 is 37.8 Å². The van der Waals surface area contributed by atoms with Crippen LogP contribution in [0.5, 0.6) is 0 Å². The fourth-order valence-corrected chi connectivity index (χ4v) is 11.0. The number of hydrogen-bond donors (Lipinski definition) is 1. The minimum Gasteiger partial charge on any atom is -1.00 e. The number of quaternary nitrogens is 1. The van der Waals surface area contributed by atoms with E-state index in [9.17, 15) is 209 Å². The van der Waals surface area contributed by atoms with Crippen molar-refractivity contribution in [2.45, 2.75) is 117 Å². The van der Waals surface area contributed by atoms with Crippen LogP contribution in [0.4, 0.5) is 145 Å². The molecule has 101 heavy (non-hydrogen) atoms. The molecule has 0 atom stereocenters. The maximum atomic E-state index is 12.0. The highest BCUT2D eigenvalue weighted by atomic mass is 127. The summed E-state index contributed by atoms with van der Waals surface area (Å²) in [5, 5.41) is 0. The molecule has 2 aromatic heterocycles. The molecular formula is C35H49F33IN9O15S8. The Morgan fingerprint density at radius 3 is 0.851 bits per heavy atom. The summed E-state index contributed by atoms with van der Waals surface area (Å²) >= 11 is 0. The van der Waals surface area contributed by atoms with Gasteiger partial charge in [0.25, 0.3) is 0 Å². The molecule has 2 aromatic rings. The number of nitrogens with one attached hydrogen (secondary N) is 1. The van der Waals surface area contributed by atoms with E-state index in [2.05, 4.69) is 24.0 Å². The second-order valence-corrected chi connectivity index (χ2v) is 32.2. The summed E-state index contributed by atoms with van der Waals surface area (Å²) in [7, 11) is -40.1. The number of nitrogens with zero attached hydrogens (tertiary/aromatic N) is 8. The number of alkyl halides is 33. The van der Waals surface area contributed by atoms with E-state index in [1.165, 1.54) is 12.5 Å². The van der Waals surface area contributed by atoms with Crippen LogP contribution in [-0.4, -0.2) is 186 Å². The Kier molecular flexibility index (Phi) is 44.0. The van der Waals surface area contributed by atoms with Gasteiger partial charge in [-0.05, 0) is 38.1 Å². The van der Waals surface area contributed by atoms with E-state index >= 15 is 0 Å². The Labute approximate surface area is 569 Å². The molecule has 0 aliphatic rings. The van der Waals surface area contributed by atoms with Crippen LogP contribution in [0.2, 0.25) is 0 Å². The number of sulfonamides is 7. The fraction of sp³-hybridized carbons (Fsp3) is 0.800. The quantitative estimate of drug-likeness (QED) is 0.0613. The maximum absolute atomic E-state index is 12.0. The van der Waals surface area contributed by atoms with Crippen LogP contribution in [0, 0.1) is 0 Å². The number of carbonyl (C=O) groups excluding carboxylic acids is 1. The predicted molar refractivity (Wildman–Crippen MR) is 274 cm³/mol. The first kappa shape index (κ1) is 111. The maximum Gasteiger partial charge on any atom is 0.516 e. The lowest BCUT2D eigenvalue weighted by atomic mass is 10.3. The second kappa shape index (κ2) is 40.2. The van der Waals surface area contributed by atoms with Gasteiger partial charge in [0.15, 0.2) is 73.2 Å². The number of rotatable bonds is 16. The van der Waals surface area contributed by atoms with Gasteiger partial charge in [-0.2, -0.15) is 153 Å². The van der Waals surface area contributed by atoms with E-state index in [1.807, 2.05) is 24.7 Å². The van der Waals surface area contributed by atoms with Crippen molar-refractivity contribution in [1.82, 2.24) is 13.9 Å². The smallest absolute Gasteiger partial charge is 0.516 e. The molecule has 2 rings (SSSR count). The van der Waals surface area contributed by atoms with E-state index < -0.39 is 169 Å². The number of aromatic nitrogens is 4. The zero-order valence-corrected chi connectivity index (χ0v) is 58.8. The number of imidazole rings is 2. The van der Waals surface area contributed by atoms with Crippen molar-refractivity contribution in [3.63, 3.8) is 0 Å². The zero-order valence-electron chi connectivity index (χ0n) is 50.1. The number of unbranched alkanes of at least 4 members (excludes halogenated alkanes) is 1. The van der Waals surface area contributed by atoms with E-state index in [0.29, 0.717) is 18.1 Å². The van der Waals surface area contributed by atoms with Crippen molar-refractivity contribution in [1.29, 1.82) is 0 Å². The summed E-state index contributed by atoms with van der Waals surface area (Å²) in [6, 6.07) is 0. The summed E-state index contributed by atoms with van der Waals surface area (Å²) in [5.74, 6) is -2.50. The van der Waals surface area contributed by atoms with Gasteiger partial charge in [0.05, 0.1) is 41.3 Å². The number of amides is 1. The molecule has 0 saturated carbocycles. The lowest BCUT2D eigenvalue weighted by molar-refractivity contribution is -0.900. The standard InChI is InChI=1S/C8H17F3N.C6H8F3N2.C6H12F3S.C6H11N2.C3HF6NO3S.3C2F6NO4S2.HI/c1-4-5-6-12(2,3)7-8(9,10)11;1-10-2-3-11(5-10)4-6(7,8)9;1-3-10(4-2)5-6(7,8)9;1-3-8-5-4-7(2)6-8;4-2(5,6)1(11)10-14(12,13)3(7,8)9;3*3-1(4,5)14(10,11)9-15(12,13)2(6,7)8;/h4-7H2,1-3H3;2-3,5H,4H2,1H3;3-5H2,1-2H3;4-6H,3H2,1-2H3;(H,10,11);;;;1H/q4*+1;;3*-1;/p-1. The van der Waals surface area contributed by atoms with Crippen molar-refractivity contribution >= 4 is 87.0 Å². The molecule has 0 bridgehead atoms. The molecule has 0 spiro atoms. The van der Waals surface area contributed by atoms with Crippen molar-refractivity contribution < 1.29 is 246 Å². The summed E-state index contributed by atoms with van der Waals surface area (Å²) < 4.78 is 528. The van der Waals surface area contributed by atoms with Gasteiger partial charge in [0.2, 0.25) is 18.4 Å². The summed E-state index contributed by atoms with van der Waals surface area (Å²) in [6.45, 7) is 7.71. The monoisotopic (exact) mass is 1840 g/mol. The Hall–Kier alpha value is -3.85. The molecule has 66 heteroatoms. The average molecular weight is 1850 g/mol. The highest BCUT2D eigenvalue weighted by molar-refractivity contribution is 8.14. The third kappa shape index (κ3) is 48.1. The second-order valence-electron chi connectivity index (χ2n) is 17.6. The molecule has 0 fully saturated rings. The third-order valence-electron chi connectivity index (χ3n) is 8.42. The van der Waals surface area contributed by atoms with Gasteiger partial charge in [0.1, 0.15) is 36.3 Å². The molecule has 0 aliphatic carbocycles. The molecule has 0 aromatic carbocycles. The Morgan fingerprint density at radius 1 is 0.436 bits per heavy atom. The Balaban J connectivity index is -0.000000201. The molecule has 610 valence electrons. The number of carbonyl (C=O) groups is 1. The van der Waals surface area contributed by atoms with Gasteiger partial charge in [-0.15, -0.1) is 0 Å². The number of hydrogen-bond acceptors (Lipinski definition) is 15. The predicted octanol–water partition coefficient (Wildman–Crippen LogP) is 6.54. The molecule has 1 amide bonds. The van der Waals surface area contributed by atoms with Crippen LogP contribution in [0.3, 0.4) is 0 Å². The Bertz CT molecular complexity index is 3300. The topological polar surface area (TPSA) is 328 Å². The molecule has 1 N–H and O–H groups in total. The van der Waals surface area contributed by atoms with Crippen molar-refractivity contribution in [2.75, 3.05) is 44.4 Å². The van der Waals surface area contributed by atoms with E-state index in [-0.39, 0.29) is 33.2 Å². The number of halogens is 34. The zero-order chi connectivity index (χ0) is 82.4. The van der Waals surface area contributed by atoms with Gasteiger partial charge in [0, 0.05) is 0 Å². The lowest BCUT2D eigenvalue weighted by Crippen LogP contribution is -3.00. The van der Waals surface area contributed by atoms with Crippen LogP contribution in [0.25, 0.3) is 12.4 Å². The normalized spacial score (nSPS) is 13.7. The summed E-state index contributed by atoms with van der Waals surface area (Å²) in [5.41, 5.74) is -43.2. The summed E-state index contributed by atoms with van der Waals surface area (Å²) in [4.78, 5) is 9.81. The van der Waals surface area contributed by atoms with Gasteiger partial charge in [-0.25, -0.2) is 73.5 Å². The van der Waals surface area contributed by atoms with Gasteiger partial charge in [-0.1, -0.05) is 13.3 Å². The van der Waals surface area contributed by atoms with Crippen LogP contribution in [-0.2, 0) is 113 Å². The molecule has 2 heterocycles. The van der Waals surface area contributed by atoms with E-state index in [4.69, 9.17) is 0 Å². The van der Waals surface area contributed by atoms with E-state index in [0.717, 1.165) is 36.3 Å². The SMILES string of the molecule is CCCC[N+](C)(C)CC(F)(F)F.CC[S+](CC)CC(F)(F)F.CCn1cc[n+](C)c1.C[n+]1ccn(CC(F)(F)F)c1.O=C(NS(=O)(=O)C(F)(F)F)C(F)(F)F.O=S(=O)([N-]S(=O)(=O)C(F)(F)F)C(F)(F)F.O=S(=O)([N-]S(=O)(=O)C(F)(F)F)C(F)(F)F.O=S(=O)([N-]S(=O)(=O)C(F)(F)F)C(F)(F)F.[I-]. The first-order valence-electron chi connectivity index (χ1n) is 23.5. The highest BCUT2D eigenvalue weighted by Crippen LogP contribution is 2.39. The fourth-order valence-electron chi connectivity index (χ4n) is 4.16. The molecule has 24 nitrogen and oxygen atoms in total. The van der Waals surface area contributed by atoms with Crippen LogP contribution in [0.15, 0.2) is 37.4 Å². The minimum absolute atomic E-state index is 0. The first-order chi connectivity index (χ1) is 43.1. The van der Waals surface area contributed by atoms with E-state index in [1.54, 1.807) is 45.8 Å². The van der Waals surface area contributed by atoms with Gasteiger partial charge >= 0.3 is 79.2 Å². The average Bonchev–Trinajstić information content (AvgIpc) is 1.32. The van der Waals surface area contributed by atoms with Crippen molar-refractivity contribution in [2.24, 2.45) is 14.1 Å². The van der Waals surface area contributed by atoms with Crippen molar-refractivity contribution in [3.8, 4) is 0 Å².